The minimum Gasteiger partial charge on any atom is -0.379 e. The molecular weight excluding hydrogens is 329 g/mol. The molecule has 2 aromatic heterocycles. The van der Waals surface area contributed by atoms with Crippen molar-refractivity contribution in [2.75, 3.05) is 5.32 Å². The number of hydrogen-bond acceptors (Lipinski definition) is 3. The molecule has 0 aliphatic carbocycles. The maximum Gasteiger partial charge on any atom is 0.0638 e. The molecule has 0 amide bonds. The van der Waals surface area contributed by atoms with E-state index in [0.29, 0.717) is 10.0 Å². The molecule has 3 rings (SSSR count). The fourth-order valence-electron chi connectivity index (χ4n) is 1.86. The molecule has 5 heteroatoms. The molecule has 0 atom stereocenters. The van der Waals surface area contributed by atoms with Gasteiger partial charge in [0.1, 0.15) is 0 Å². The molecule has 0 aliphatic rings. The van der Waals surface area contributed by atoms with Gasteiger partial charge in [0.25, 0.3) is 0 Å². The van der Waals surface area contributed by atoms with E-state index in [-0.39, 0.29) is 0 Å². The lowest BCUT2D eigenvalue weighted by molar-refractivity contribution is 1.19. The molecule has 0 saturated heterocycles. The molecule has 0 bridgehead atoms. The van der Waals surface area contributed by atoms with Crippen molar-refractivity contribution in [1.29, 1.82) is 0 Å². The monoisotopic (exact) mass is 339 g/mol. The van der Waals surface area contributed by atoms with E-state index in [1.54, 1.807) is 34.8 Å². The third-order valence-electron chi connectivity index (χ3n) is 2.84. The maximum absolute atomic E-state index is 6.13. The summed E-state index contributed by atoms with van der Waals surface area (Å²) in [7, 11) is 0. The average Bonchev–Trinajstić information content (AvgIpc) is 3.09. The highest BCUT2D eigenvalue weighted by atomic mass is 35.5. The lowest BCUT2D eigenvalue weighted by atomic mass is 10.2. The normalized spacial score (nSPS) is 10.7. The zero-order valence-electron chi connectivity index (χ0n) is 10.4. The van der Waals surface area contributed by atoms with Crippen LogP contribution in [0.15, 0.2) is 47.2 Å². The van der Waals surface area contributed by atoms with Crippen LogP contribution in [0.2, 0.25) is 10.0 Å². The summed E-state index contributed by atoms with van der Waals surface area (Å²) in [5, 5.41) is 8.97. The Morgan fingerprint density at radius 1 is 1.05 bits per heavy atom. The van der Waals surface area contributed by atoms with Crippen molar-refractivity contribution in [3.63, 3.8) is 0 Å². The van der Waals surface area contributed by atoms with Crippen LogP contribution in [0.25, 0.3) is 10.4 Å². The van der Waals surface area contributed by atoms with E-state index in [1.165, 1.54) is 15.3 Å². The van der Waals surface area contributed by atoms with E-state index in [4.69, 9.17) is 23.2 Å². The van der Waals surface area contributed by atoms with Crippen molar-refractivity contribution in [1.82, 2.24) is 0 Å². The predicted octanol–water partition coefficient (Wildman–Crippen LogP) is 6.40. The first kappa shape index (κ1) is 14.0. The molecular formula is C15H11Cl2NS2. The summed E-state index contributed by atoms with van der Waals surface area (Å²) in [6.07, 6.45) is 0. The lowest BCUT2D eigenvalue weighted by Crippen LogP contribution is -1.97. The second kappa shape index (κ2) is 6.19. The lowest BCUT2D eigenvalue weighted by Gasteiger charge is -2.07. The van der Waals surface area contributed by atoms with Gasteiger partial charge >= 0.3 is 0 Å². The van der Waals surface area contributed by atoms with Crippen LogP contribution >= 0.6 is 45.9 Å². The summed E-state index contributed by atoms with van der Waals surface area (Å²) < 4.78 is 0. The van der Waals surface area contributed by atoms with Crippen LogP contribution in [0.3, 0.4) is 0 Å². The smallest absolute Gasteiger partial charge is 0.0638 e. The standard InChI is InChI=1S/C15H11Cl2NS2/c16-11-3-4-13(17)14(7-11)18-8-12-6-10(9-20-12)15-2-1-5-19-15/h1-7,9,18H,8H2. The first-order valence-electron chi connectivity index (χ1n) is 6.02. The number of rotatable bonds is 4. The number of halogens is 2. The summed E-state index contributed by atoms with van der Waals surface area (Å²) in [6, 6.07) is 11.9. The van der Waals surface area contributed by atoms with Gasteiger partial charge in [-0.25, -0.2) is 0 Å². The predicted molar refractivity (Wildman–Crippen MR) is 91.4 cm³/mol. The fourth-order valence-corrected chi connectivity index (χ4v) is 3.83. The molecule has 0 unspecified atom stereocenters. The van der Waals surface area contributed by atoms with Crippen molar-refractivity contribution in [3.8, 4) is 10.4 Å². The first-order valence-corrected chi connectivity index (χ1v) is 8.54. The van der Waals surface area contributed by atoms with Gasteiger partial charge in [-0.05, 0) is 41.1 Å². The van der Waals surface area contributed by atoms with Gasteiger partial charge in [-0.2, -0.15) is 0 Å². The van der Waals surface area contributed by atoms with Crippen molar-refractivity contribution in [2.24, 2.45) is 0 Å². The number of nitrogens with one attached hydrogen (secondary N) is 1. The Kier molecular flexibility index (Phi) is 4.32. The summed E-state index contributed by atoms with van der Waals surface area (Å²) in [5.74, 6) is 0. The highest BCUT2D eigenvalue weighted by molar-refractivity contribution is 7.14. The number of anilines is 1. The Labute approximate surface area is 135 Å². The van der Waals surface area contributed by atoms with Gasteiger partial charge in [-0.3, -0.25) is 0 Å². The zero-order valence-corrected chi connectivity index (χ0v) is 13.5. The minimum atomic E-state index is 0.683. The van der Waals surface area contributed by atoms with Gasteiger partial charge < -0.3 is 5.32 Å². The van der Waals surface area contributed by atoms with Crippen molar-refractivity contribution in [2.45, 2.75) is 6.54 Å². The highest BCUT2D eigenvalue weighted by Gasteiger charge is 2.05. The quantitative estimate of drug-likeness (QED) is 0.580. The van der Waals surface area contributed by atoms with Crippen LogP contribution in [0.1, 0.15) is 4.88 Å². The highest BCUT2D eigenvalue weighted by Crippen LogP contribution is 2.30. The molecule has 0 fully saturated rings. The second-order valence-electron chi connectivity index (χ2n) is 4.26. The van der Waals surface area contributed by atoms with Crippen LogP contribution < -0.4 is 5.32 Å². The Morgan fingerprint density at radius 2 is 1.95 bits per heavy atom. The van der Waals surface area contributed by atoms with E-state index >= 15 is 0 Å². The van der Waals surface area contributed by atoms with Gasteiger partial charge in [0.15, 0.2) is 0 Å². The van der Waals surface area contributed by atoms with E-state index in [1.807, 2.05) is 6.07 Å². The third kappa shape index (κ3) is 3.18. The van der Waals surface area contributed by atoms with Crippen molar-refractivity contribution in [3.05, 3.63) is 62.1 Å². The van der Waals surface area contributed by atoms with E-state index < -0.39 is 0 Å². The summed E-state index contributed by atoms with van der Waals surface area (Å²) in [5.41, 5.74) is 2.14. The molecule has 1 N–H and O–H groups in total. The summed E-state index contributed by atoms with van der Waals surface area (Å²) in [4.78, 5) is 2.57. The van der Waals surface area contributed by atoms with Crippen molar-refractivity contribution < 1.29 is 0 Å². The van der Waals surface area contributed by atoms with Gasteiger partial charge in [0.05, 0.1) is 10.7 Å². The molecule has 20 heavy (non-hydrogen) atoms. The van der Waals surface area contributed by atoms with Crippen LogP contribution in [0.5, 0.6) is 0 Å². The number of hydrogen-bond donors (Lipinski definition) is 1. The van der Waals surface area contributed by atoms with Gasteiger partial charge in [0, 0.05) is 26.9 Å². The van der Waals surface area contributed by atoms with E-state index in [0.717, 1.165) is 12.2 Å². The molecule has 0 radical (unpaired) electrons. The van der Waals surface area contributed by atoms with E-state index in [2.05, 4.69) is 34.3 Å². The average molecular weight is 340 g/mol. The molecule has 0 spiro atoms. The van der Waals surface area contributed by atoms with E-state index in [9.17, 15) is 0 Å². The van der Waals surface area contributed by atoms with Crippen molar-refractivity contribution >= 4 is 51.6 Å². The molecule has 3 aromatic rings. The van der Waals surface area contributed by atoms with Gasteiger partial charge in [-0.15, -0.1) is 22.7 Å². The molecule has 1 aromatic carbocycles. The summed E-state index contributed by atoms with van der Waals surface area (Å²) >= 11 is 15.6. The summed E-state index contributed by atoms with van der Waals surface area (Å²) in [6.45, 7) is 0.746. The number of thiophene rings is 2. The van der Waals surface area contributed by atoms with Crippen LogP contribution in [0.4, 0.5) is 5.69 Å². The zero-order chi connectivity index (χ0) is 13.9. The first-order chi connectivity index (χ1) is 9.72. The SMILES string of the molecule is Clc1ccc(Cl)c(NCc2cc(-c3cccs3)cs2)c1. The maximum atomic E-state index is 6.13. The Hall–Kier alpha value is -1.00. The van der Waals surface area contributed by atoms with Crippen LogP contribution in [0, 0.1) is 0 Å². The largest absolute Gasteiger partial charge is 0.379 e. The molecule has 2 heterocycles. The molecule has 1 nitrogen and oxygen atoms in total. The van der Waals surface area contributed by atoms with Crippen LogP contribution in [-0.2, 0) is 6.54 Å². The minimum absolute atomic E-state index is 0.683. The Morgan fingerprint density at radius 3 is 2.75 bits per heavy atom. The van der Waals surface area contributed by atoms with Gasteiger partial charge in [0.2, 0.25) is 0 Å². The molecule has 0 aliphatic heterocycles. The molecule has 102 valence electrons. The third-order valence-corrected chi connectivity index (χ3v) is 5.26. The second-order valence-corrected chi connectivity index (χ2v) is 7.04. The Bertz CT molecular complexity index is 704. The Balaban J connectivity index is 1.71. The fraction of sp³-hybridized carbons (Fsp3) is 0.0667. The number of benzene rings is 1. The van der Waals surface area contributed by atoms with Gasteiger partial charge in [-0.1, -0.05) is 29.3 Å². The topological polar surface area (TPSA) is 12.0 Å². The molecule has 0 saturated carbocycles. The van der Waals surface area contributed by atoms with Crippen LogP contribution in [-0.4, -0.2) is 0 Å².